The highest BCUT2D eigenvalue weighted by Crippen LogP contribution is 2.27. The summed E-state index contributed by atoms with van der Waals surface area (Å²) >= 11 is 0. The summed E-state index contributed by atoms with van der Waals surface area (Å²) in [6.45, 7) is 2.91. The van der Waals surface area contributed by atoms with Crippen LogP contribution in [0.3, 0.4) is 0 Å². The highest BCUT2D eigenvalue weighted by Gasteiger charge is 2.31. The van der Waals surface area contributed by atoms with E-state index in [4.69, 9.17) is 11.1 Å². The topological polar surface area (TPSA) is 66.0 Å². The summed E-state index contributed by atoms with van der Waals surface area (Å²) in [6.07, 6.45) is 1.79. The molecule has 0 saturated heterocycles. The second kappa shape index (κ2) is 9.92. The predicted molar refractivity (Wildman–Crippen MR) is 107 cm³/mol. The third-order valence-corrected chi connectivity index (χ3v) is 4.26. The lowest BCUT2D eigenvalue weighted by Crippen LogP contribution is -2.21. The first-order valence-electron chi connectivity index (χ1n) is 9.25. The fourth-order valence-corrected chi connectivity index (χ4v) is 2.76. The molecule has 0 saturated carbocycles. The number of nitrogens with two attached hydrogens (primary N) is 1. The quantitative estimate of drug-likeness (QED) is 0.434. The van der Waals surface area contributed by atoms with Gasteiger partial charge >= 0.3 is 6.18 Å². The van der Waals surface area contributed by atoms with Crippen molar-refractivity contribution in [1.82, 2.24) is 4.98 Å². The molecule has 0 aliphatic rings. The number of aromatic nitrogens is 1. The van der Waals surface area contributed by atoms with Gasteiger partial charge in [-0.2, -0.15) is 13.2 Å². The Bertz CT molecular complexity index is 801. The van der Waals surface area contributed by atoms with E-state index in [0.29, 0.717) is 6.08 Å². The van der Waals surface area contributed by atoms with E-state index in [1.54, 1.807) is 12.1 Å². The summed E-state index contributed by atoms with van der Waals surface area (Å²) in [7, 11) is 0. The number of rotatable bonds is 9. The van der Waals surface area contributed by atoms with Gasteiger partial charge in [0.15, 0.2) is 0 Å². The first-order valence-corrected chi connectivity index (χ1v) is 9.25. The number of unbranched alkanes of at least 4 members (excludes halogenated alkanes) is 3. The van der Waals surface area contributed by atoms with Gasteiger partial charge in [-0.1, -0.05) is 44.4 Å². The predicted octanol–water partition coefficient (Wildman–Crippen LogP) is 5.57. The minimum atomic E-state index is -4.67. The van der Waals surface area contributed by atoms with Gasteiger partial charge in [-0.25, -0.2) is 0 Å². The highest BCUT2D eigenvalue weighted by molar-refractivity contribution is 6.06. The van der Waals surface area contributed by atoms with Crippen molar-refractivity contribution in [2.24, 2.45) is 5.73 Å². The van der Waals surface area contributed by atoms with Crippen LogP contribution in [0.4, 0.5) is 24.5 Å². The molecule has 2 aromatic rings. The van der Waals surface area contributed by atoms with E-state index < -0.39 is 11.9 Å². The minimum absolute atomic E-state index is 0.138. The number of nitrogens with one attached hydrogen (secondary N) is 1. The molecule has 2 rings (SSSR count). The van der Waals surface area contributed by atoms with E-state index in [1.807, 2.05) is 30.3 Å². The van der Waals surface area contributed by atoms with Crippen molar-refractivity contribution in [3.63, 3.8) is 0 Å². The molecule has 0 atom stereocenters. The van der Waals surface area contributed by atoms with Gasteiger partial charge in [-0.3, -0.25) is 10.4 Å². The Kier molecular flexibility index (Phi) is 7.61. The highest BCUT2D eigenvalue weighted by atomic mass is 19.4. The van der Waals surface area contributed by atoms with Gasteiger partial charge in [0.25, 0.3) is 0 Å². The Morgan fingerprint density at radius 2 is 1.82 bits per heavy atom. The van der Waals surface area contributed by atoms with Gasteiger partial charge in [0.1, 0.15) is 5.70 Å². The average molecular weight is 390 g/mol. The van der Waals surface area contributed by atoms with Gasteiger partial charge < -0.3 is 10.6 Å². The zero-order chi connectivity index (χ0) is 20.6. The number of allylic oxidation sites excluding steroid dienone is 2. The van der Waals surface area contributed by atoms with Crippen LogP contribution in [0.2, 0.25) is 0 Å². The Balaban J connectivity index is 2.29. The zero-order valence-corrected chi connectivity index (χ0v) is 15.8. The maximum atomic E-state index is 12.6. The molecular weight excluding hydrogens is 365 g/mol. The van der Waals surface area contributed by atoms with Gasteiger partial charge in [-0.15, -0.1) is 0 Å². The van der Waals surface area contributed by atoms with E-state index in [0.717, 1.165) is 43.6 Å². The van der Waals surface area contributed by atoms with Crippen LogP contribution in [-0.4, -0.2) is 23.4 Å². The molecule has 150 valence electrons. The summed E-state index contributed by atoms with van der Waals surface area (Å²) in [5.74, 6) is 0. The molecule has 7 heteroatoms. The normalized spacial score (nSPS) is 12.1. The van der Waals surface area contributed by atoms with Gasteiger partial charge in [0.05, 0.1) is 11.4 Å². The first-order chi connectivity index (χ1) is 13.3. The number of halogens is 3. The maximum Gasteiger partial charge on any atom is 0.430 e. The number of nitrogens with zero attached hydrogens (tertiary/aromatic N) is 2. The molecule has 0 aliphatic heterocycles. The lowest BCUT2D eigenvalue weighted by molar-refractivity contribution is -0.0925. The van der Waals surface area contributed by atoms with Crippen LogP contribution in [0.25, 0.3) is 0 Å². The molecule has 1 aromatic carbocycles. The van der Waals surface area contributed by atoms with E-state index in [2.05, 4.69) is 16.8 Å². The molecule has 0 unspecified atom stereocenters. The summed E-state index contributed by atoms with van der Waals surface area (Å²) < 4.78 is 37.9. The second-order valence-corrected chi connectivity index (χ2v) is 6.46. The van der Waals surface area contributed by atoms with Crippen LogP contribution in [0, 0.1) is 5.41 Å². The Morgan fingerprint density at radius 1 is 1.11 bits per heavy atom. The van der Waals surface area contributed by atoms with Crippen molar-refractivity contribution in [1.29, 1.82) is 5.41 Å². The summed E-state index contributed by atoms with van der Waals surface area (Å²) in [6, 6.07) is 13.2. The van der Waals surface area contributed by atoms with Crippen molar-refractivity contribution in [3.8, 4) is 0 Å². The van der Waals surface area contributed by atoms with Crippen molar-refractivity contribution in [2.45, 2.75) is 38.8 Å². The smallest absolute Gasteiger partial charge is 0.395 e. The lowest BCUT2D eigenvalue weighted by Gasteiger charge is -2.25. The molecule has 0 radical (unpaired) electrons. The van der Waals surface area contributed by atoms with Gasteiger partial charge in [-0.05, 0) is 36.8 Å². The molecule has 1 aromatic heterocycles. The Hall–Kier alpha value is -2.83. The summed E-state index contributed by atoms with van der Waals surface area (Å²) in [5, 5.41) is 7.94. The van der Waals surface area contributed by atoms with Crippen molar-refractivity contribution in [2.75, 3.05) is 11.4 Å². The molecular formula is C21H25F3N4. The number of benzene rings is 1. The third kappa shape index (κ3) is 6.11. The van der Waals surface area contributed by atoms with Crippen LogP contribution in [0.1, 0.15) is 38.3 Å². The molecule has 0 amide bonds. The monoisotopic (exact) mass is 390 g/mol. The van der Waals surface area contributed by atoms with E-state index >= 15 is 0 Å². The van der Waals surface area contributed by atoms with Crippen LogP contribution < -0.4 is 10.6 Å². The van der Waals surface area contributed by atoms with Gasteiger partial charge in [0.2, 0.25) is 0 Å². The van der Waals surface area contributed by atoms with E-state index in [9.17, 15) is 13.2 Å². The van der Waals surface area contributed by atoms with Crippen LogP contribution >= 0.6 is 0 Å². The van der Waals surface area contributed by atoms with Crippen molar-refractivity contribution < 1.29 is 13.2 Å². The first kappa shape index (κ1) is 21.5. The Labute approximate surface area is 163 Å². The Morgan fingerprint density at radius 3 is 2.46 bits per heavy atom. The van der Waals surface area contributed by atoms with Crippen LogP contribution in [-0.2, 0) is 0 Å². The van der Waals surface area contributed by atoms with Crippen molar-refractivity contribution in [3.05, 3.63) is 66.1 Å². The standard InChI is InChI=1S/C21H25F3N4/c1-2-3-4-8-13-28(16-9-6-5-7-10-16)17-11-12-27-19(14-17)18(25)15-20(26)21(22,23)24/h5-7,9-12,14-15,25H,2-4,8,13,26H2,1H3. The average Bonchev–Trinajstić information content (AvgIpc) is 2.68. The largest absolute Gasteiger partial charge is 0.430 e. The SMILES string of the molecule is CCCCCCN(c1ccccc1)c1ccnc(C(=N)C=C(N)C(F)(F)F)c1. The summed E-state index contributed by atoms with van der Waals surface area (Å²) in [5.41, 5.74) is 5.23. The molecule has 0 spiro atoms. The fraction of sp³-hybridized carbons (Fsp3) is 0.333. The number of pyridine rings is 1. The molecule has 1 heterocycles. The number of hydrogen-bond acceptors (Lipinski definition) is 4. The lowest BCUT2D eigenvalue weighted by atomic mass is 10.1. The molecule has 3 N–H and O–H groups in total. The van der Waals surface area contributed by atoms with E-state index in [1.165, 1.54) is 6.20 Å². The summed E-state index contributed by atoms with van der Waals surface area (Å²) in [4.78, 5) is 6.13. The molecule has 0 aliphatic carbocycles. The van der Waals surface area contributed by atoms with Gasteiger partial charge in [0, 0.05) is 24.1 Å². The third-order valence-electron chi connectivity index (χ3n) is 4.26. The van der Waals surface area contributed by atoms with Crippen LogP contribution in [0.15, 0.2) is 60.4 Å². The second-order valence-electron chi connectivity index (χ2n) is 6.46. The minimum Gasteiger partial charge on any atom is -0.395 e. The van der Waals surface area contributed by atoms with Crippen molar-refractivity contribution >= 4 is 17.1 Å². The zero-order valence-electron chi connectivity index (χ0n) is 15.8. The molecule has 0 fully saturated rings. The maximum absolute atomic E-state index is 12.6. The molecule has 4 nitrogen and oxygen atoms in total. The number of para-hydroxylation sites is 1. The fourth-order valence-electron chi connectivity index (χ4n) is 2.76. The number of anilines is 2. The molecule has 28 heavy (non-hydrogen) atoms. The number of alkyl halides is 3. The van der Waals surface area contributed by atoms with Crippen LogP contribution in [0.5, 0.6) is 0 Å². The molecule has 0 bridgehead atoms. The number of hydrogen-bond donors (Lipinski definition) is 2. The van der Waals surface area contributed by atoms with E-state index in [-0.39, 0.29) is 11.4 Å².